The van der Waals surface area contributed by atoms with Crippen LogP contribution in [0.5, 0.6) is 0 Å². The third-order valence-electron chi connectivity index (χ3n) is 3.94. The van der Waals surface area contributed by atoms with Crippen LogP contribution >= 0.6 is 0 Å². The van der Waals surface area contributed by atoms with Gasteiger partial charge < -0.3 is 15.6 Å². The number of amides is 1. The van der Waals surface area contributed by atoms with Crippen molar-refractivity contribution in [2.75, 3.05) is 18.4 Å². The van der Waals surface area contributed by atoms with Gasteiger partial charge in [0.15, 0.2) is 0 Å². The molecular weight excluding hydrogens is 314 g/mol. The van der Waals surface area contributed by atoms with E-state index in [2.05, 4.69) is 32.7 Å². The summed E-state index contributed by atoms with van der Waals surface area (Å²) in [5.74, 6) is 0.496. The molecule has 0 aliphatic rings. The predicted octanol–water partition coefficient (Wildman–Crippen LogP) is 2.51. The number of rotatable bonds is 6. The minimum Gasteiger partial charge on any atom is -0.367 e. The molecule has 3 rings (SSSR count). The zero-order valence-corrected chi connectivity index (χ0v) is 14.0. The van der Waals surface area contributed by atoms with Gasteiger partial charge in [-0.15, -0.1) is 0 Å². The molecule has 0 aliphatic carbocycles. The van der Waals surface area contributed by atoms with Crippen LogP contribution in [0.15, 0.2) is 42.7 Å². The first kappa shape index (κ1) is 16.5. The number of hydrogen-bond donors (Lipinski definition) is 3. The zero-order valence-electron chi connectivity index (χ0n) is 14.0. The molecular formula is C19H19N5O. The molecule has 0 atom stereocenters. The highest BCUT2D eigenvalue weighted by molar-refractivity contribution is 5.89. The van der Waals surface area contributed by atoms with Crippen molar-refractivity contribution in [3.05, 3.63) is 59.4 Å². The van der Waals surface area contributed by atoms with Gasteiger partial charge in [0.05, 0.1) is 12.0 Å². The third-order valence-corrected chi connectivity index (χ3v) is 3.94. The third kappa shape index (κ3) is 3.96. The molecule has 0 aliphatic heterocycles. The molecule has 3 N–H and O–H groups in total. The Labute approximate surface area is 145 Å². The highest BCUT2D eigenvalue weighted by Crippen LogP contribution is 2.19. The predicted molar refractivity (Wildman–Crippen MR) is 97.2 cm³/mol. The Kier molecular flexibility index (Phi) is 4.95. The van der Waals surface area contributed by atoms with Gasteiger partial charge in [0, 0.05) is 36.4 Å². The molecule has 0 radical (unpaired) electrons. The van der Waals surface area contributed by atoms with E-state index in [1.165, 1.54) is 5.56 Å². The van der Waals surface area contributed by atoms with Crippen molar-refractivity contribution in [1.29, 1.82) is 5.26 Å². The Balaban J connectivity index is 1.50. The second-order valence-corrected chi connectivity index (χ2v) is 5.83. The number of nitrogens with one attached hydrogen (secondary N) is 3. The Morgan fingerprint density at radius 1 is 1.32 bits per heavy atom. The number of carbonyl (C=O) groups is 1. The van der Waals surface area contributed by atoms with E-state index in [1.54, 1.807) is 18.3 Å². The number of aromatic amines is 1. The number of nitrogens with zero attached hydrogens (tertiary/aromatic N) is 2. The fraction of sp³-hybridized carbons (Fsp3) is 0.211. The summed E-state index contributed by atoms with van der Waals surface area (Å²) in [6.45, 7) is 3.01. The molecule has 2 aromatic heterocycles. The van der Waals surface area contributed by atoms with Crippen molar-refractivity contribution >= 4 is 22.6 Å². The number of fused-ring (bicyclic) bond motifs is 1. The second-order valence-electron chi connectivity index (χ2n) is 5.83. The van der Waals surface area contributed by atoms with E-state index < -0.39 is 0 Å². The van der Waals surface area contributed by atoms with Crippen LogP contribution in [0.25, 0.3) is 10.9 Å². The Morgan fingerprint density at radius 3 is 3.04 bits per heavy atom. The maximum atomic E-state index is 12.1. The Hall–Kier alpha value is -3.33. The van der Waals surface area contributed by atoms with Gasteiger partial charge in [-0.05, 0) is 36.2 Å². The quantitative estimate of drug-likeness (QED) is 0.604. The molecule has 3 aromatic rings. The van der Waals surface area contributed by atoms with Gasteiger partial charge in [0.2, 0.25) is 5.91 Å². The minimum atomic E-state index is -0.0372. The number of H-pyrrole nitrogens is 1. The molecule has 25 heavy (non-hydrogen) atoms. The maximum absolute atomic E-state index is 12.1. The molecule has 1 amide bonds. The molecule has 0 saturated heterocycles. The van der Waals surface area contributed by atoms with Gasteiger partial charge in [0.1, 0.15) is 11.9 Å². The Morgan fingerprint density at radius 2 is 2.20 bits per heavy atom. The van der Waals surface area contributed by atoms with Crippen LogP contribution in [0.2, 0.25) is 0 Å². The van der Waals surface area contributed by atoms with Crippen LogP contribution in [0.3, 0.4) is 0 Å². The minimum absolute atomic E-state index is 0.0372. The lowest BCUT2D eigenvalue weighted by Crippen LogP contribution is -2.30. The highest BCUT2D eigenvalue weighted by Gasteiger charge is 2.09. The first-order valence-corrected chi connectivity index (χ1v) is 8.09. The summed E-state index contributed by atoms with van der Waals surface area (Å²) in [4.78, 5) is 19.5. The van der Waals surface area contributed by atoms with E-state index in [0.717, 1.165) is 16.5 Å². The van der Waals surface area contributed by atoms with Gasteiger partial charge in [-0.25, -0.2) is 4.98 Å². The van der Waals surface area contributed by atoms with Crippen molar-refractivity contribution in [3.8, 4) is 6.07 Å². The van der Waals surface area contributed by atoms with Crippen molar-refractivity contribution in [3.63, 3.8) is 0 Å². The molecule has 1 aromatic carbocycles. The number of hydrogen-bond acceptors (Lipinski definition) is 4. The zero-order chi connectivity index (χ0) is 17.6. The number of carbonyl (C=O) groups excluding carboxylic acids is 1. The van der Waals surface area contributed by atoms with Crippen LogP contribution in [-0.4, -0.2) is 29.0 Å². The van der Waals surface area contributed by atoms with E-state index in [1.807, 2.05) is 25.3 Å². The summed E-state index contributed by atoms with van der Waals surface area (Å²) in [7, 11) is 0. The first-order chi connectivity index (χ1) is 12.2. The Bertz CT molecular complexity index is 938. The number of aryl methyl sites for hydroxylation is 1. The maximum Gasteiger partial charge on any atom is 0.224 e. The van der Waals surface area contributed by atoms with Gasteiger partial charge in [-0.1, -0.05) is 12.1 Å². The van der Waals surface area contributed by atoms with E-state index >= 15 is 0 Å². The lowest BCUT2D eigenvalue weighted by Gasteiger charge is -2.08. The molecule has 0 unspecified atom stereocenters. The number of nitriles is 1. The molecule has 0 bridgehead atoms. The fourth-order valence-corrected chi connectivity index (χ4v) is 2.70. The van der Waals surface area contributed by atoms with Crippen molar-refractivity contribution < 1.29 is 4.79 Å². The monoisotopic (exact) mass is 333 g/mol. The van der Waals surface area contributed by atoms with Gasteiger partial charge in [-0.2, -0.15) is 5.26 Å². The van der Waals surface area contributed by atoms with Crippen molar-refractivity contribution in [1.82, 2.24) is 15.3 Å². The van der Waals surface area contributed by atoms with E-state index in [0.29, 0.717) is 30.9 Å². The number of benzene rings is 1. The van der Waals surface area contributed by atoms with Crippen LogP contribution in [0, 0.1) is 18.3 Å². The normalized spacial score (nSPS) is 10.4. The largest absolute Gasteiger partial charge is 0.367 e. The average Bonchev–Trinajstić information content (AvgIpc) is 3.00. The lowest BCUT2D eigenvalue weighted by atomic mass is 10.1. The van der Waals surface area contributed by atoms with Crippen LogP contribution < -0.4 is 10.6 Å². The summed E-state index contributed by atoms with van der Waals surface area (Å²) in [6, 6.07) is 11.6. The van der Waals surface area contributed by atoms with E-state index in [4.69, 9.17) is 5.26 Å². The molecule has 0 spiro atoms. The van der Waals surface area contributed by atoms with Crippen LogP contribution in [0.4, 0.5) is 5.82 Å². The molecule has 0 saturated carbocycles. The van der Waals surface area contributed by atoms with Gasteiger partial charge >= 0.3 is 0 Å². The topological polar surface area (TPSA) is 93.6 Å². The van der Waals surface area contributed by atoms with Crippen molar-refractivity contribution in [2.24, 2.45) is 0 Å². The van der Waals surface area contributed by atoms with Gasteiger partial charge in [0.25, 0.3) is 0 Å². The van der Waals surface area contributed by atoms with Crippen LogP contribution in [-0.2, 0) is 11.2 Å². The van der Waals surface area contributed by atoms with Gasteiger partial charge in [-0.3, -0.25) is 4.79 Å². The standard InChI is InChI=1S/C19H19N5O/c1-13-4-5-16-15(12-24-17(16)9-13)10-18(25)21-7-8-23-19-14(11-20)3-2-6-22-19/h2-6,9,12,24H,7-8,10H2,1H3,(H,21,25)(H,22,23). The first-order valence-electron chi connectivity index (χ1n) is 8.09. The van der Waals surface area contributed by atoms with Crippen molar-refractivity contribution in [2.45, 2.75) is 13.3 Å². The second kappa shape index (κ2) is 7.49. The fourth-order valence-electron chi connectivity index (χ4n) is 2.70. The summed E-state index contributed by atoms with van der Waals surface area (Å²) in [6.07, 6.45) is 3.84. The molecule has 6 heteroatoms. The summed E-state index contributed by atoms with van der Waals surface area (Å²) >= 11 is 0. The molecule has 2 heterocycles. The highest BCUT2D eigenvalue weighted by atomic mass is 16.1. The summed E-state index contributed by atoms with van der Waals surface area (Å²) in [5, 5.41) is 16.0. The van der Waals surface area contributed by atoms with E-state index in [9.17, 15) is 4.79 Å². The number of aromatic nitrogens is 2. The molecule has 126 valence electrons. The number of pyridine rings is 1. The molecule has 0 fully saturated rings. The summed E-state index contributed by atoms with van der Waals surface area (Å²) < 4.78 is 0. The molecule has 6 nitrogen and oxygen atoms in total. The average molecular weight is 333 g/mol. The van der Waals surface area contributed by atoms with Crippen LogP contribution in [0.1, 0.15) is 16.7 Å². The number of anilines is 1. The van der Waals surface area contributed by atoms with E-state index in [-0.39, 0.29) is 5.91 Å². The smallest absolute Gasteiger partial charge is 0.224 e. The SMILES string of the molecule is Cc1ccc2c(CC(=O)NCCNc3ncccc3C#N)c[nH]c2c1. The lowest BCUT2D eigenvalue weighted by molar-refractivity contribution is -0.120. The summed E-state index contributed by atoms with van der Waals surface area (Å²) in [5.41, 5.74) is 3.70.